The standard InChI is InChI=1S/C18H20N8/c1-11(2)14-7-16(25-24-14)22-17-12(3)21-15-9-20-26(18(15)23-17)10-13-5-4-6-19-8-13/h4-9,11H,10H2,1-3H3,(H2,22,23,24,25). The highest BCUT2D eigenvalue weighted by Gasteiger charge is 2.12. The van der Waals surface area contributed by atoms with E-state index in [2.05, 4.69) is 44.4 Å². The lowest BCUT2D eigenvalue weighted by Gasteiger charge is -2.07. The van der Waals surface area contributed by atoms with Crippen LogP contribution < -0.4 is 5.32 Å². The van der Waals surface area contributed by atoms with Crippen molar-refractivity contribution in [1.82, 2.24) is 34.9 Å². The first-order chi connectivity index (χ1) is 12.6. The molecule has 4 aromatic rings. The minimum absolute atomic E-state index is 0.383. The summed E-state index contributed by atoms with van der Waals surface area (Å²) in [6, 6.07) is 5.91. The molecule has 0 amide bonds. The van der Waals surface area contributed by atoms with Crippen LogP contribution in [0.15, 0.2) is 36.8 Å². The smallest absolute Gasteiger partial charge is 0.179 e. The molecule has 0 bridgehead atoms. The maximum atomic E-state index is 4.73. The molecule has 26 heavy (non-hydrogen) atoms. The zero-order valence-corrected chi connectivity index (χ0v) is 14.9. The highest BCUT2D eigenvalue weighted by molar-refractivity contribution is 5.73. The number of nitrogens with one attached hydrogen (secondary N) is 2. The second-order valence-corrected chi connectivity index (χ2v) is 6.52. The van der Waals surface area contributed by atoms with Gasteiger partial charge in [0.2, 0.25) is 0 Å². The third-order valence-corrected chi connectivity index (χ3v) is 4.16. The zero-order valence-electron chi connectivity index (χ0n) is 14.9. The Morgan fingerprint density at radius 2 is 2.12 bits per heavy atom. The van der Waals surface area contributed by atoms with Crippen molar-refractivity contribution in [2.24, 2.45) is 0 Å². The van der Waals surface area contributed by atoms with E-state index in [9.17, 15) is 0 Å². The maximum Gasteiger partial charge on any atom is 0.179 e. The van der Waals surface area contributed by atoms with Crippen LogP contribution in [-0.4, -0.2) is 34.9 Å². The first-order valence-corrected chi connectivity index (χ1v) is 8.51. The molecule has 0 saturated heterocycles. The van der Waals surface area contributed by atoms with Crippen molar-refractivity contribution in [3.05, 3.63) is 53.7 Å². The molecule has 4 rings (SSSR count). The molecule has 0 aliphatic carbocycles. The molecule has 0 aliphatic rings. The molecule has 4 heterocycles. The van der Waals surface area contributed by atoms with E-state index in [0.29, 0.717) is 18.3 Å². The van der Waals surface area contributed by atoms with Crippen LogP contribution in [-0.2, 0) is 6.54 Å². The van der Waals surface area contributed by atoms with Gasteiger partial charge in [-0.05, 0) is 24.5 Å². The lowest BCUT2D eigenvalue weighted by atomic mass is 10.1. The minimum atomic E-state index is 0.383. The predicted molar refractivity (Wildman–Crippen MR) is 99.4 cm³/mol. The third-order valence-electron chi connectivity index (χ3n) is 4.16. The highest BCUT2D eigenvalue weighted by Crippen LogP contribution is 2.22. The SMILES string of the molecule is Cc1nc2cnn(Cc3cccnc3)c2nc1Nc1cc(C(C)C)[nH]n1. The number of H-pyrrole nitrogens is 1. The van der Waals surface area contributed by atoms with Gasteiger partial charge in [0.15, 0.2) is 17.3 Å². The second-order valence-electron chi connectivity index (χ2n) is 6.52. The average Bonchev–Trinajstić information content (AvgIpc) is 3.24. The minimum Gasteiger partial charge on any atom is -0.322 e. The number of aryl methyl sites for hydroxylation is 1. The van der Waals surface area contributed by atoms with Gasteiger partial charge in [-0.15, -0.1) is 0 Å². The number of aromatic nitrogens is 7. The first kappa shape index (κ1) is 16.2. The van der Waals surface area contributed by atoms with Crippen molar-refractivity contribution in [1.29, 1.82) is 0 Å². The van der Waals surface area contributed by atoms with Gasteiger partial charge in [-0.3, -0.25) is 10.1 Å². The van der Waals surface area contributed by atoms with Gasteiger partial charge >= 0.3 is 0 Å². The van der Waals surface area contributed by atoms with Gasteiger partial charge in [0, 0.05) is 24.2 Å². The van der Waals surface area contributed by atoms with Crippen LogP contribution in [0, 0.1) is 6.92 Å². The molecular weight excluding hydrogens is 328 g/mol. The van der Waals surface area contributed by atoms with Gasteiger partial charge in [0.05, 0.1) is 18.4 Å². The fraction of sp³-hybridized carbons (Fsp3) is 0.278. The Bertz CT molecular complexity index is 1030. The van der Waals surface area contributed by atoms with Crippen LogP contribution in [0.5, 0.6) is 0 Å². The number of hydrogen-bond acceptors (Lipinski definition) is 6. The van der Waals surface area contributed by atoms with Gasteiger partial charge in [-0.1, -0.05) is 19.9 Å². The number of hydrogen-bond donors (Lipinski definition) is 2. The number of nitrogens with zero attached hydrogens (tertiary/aromatic N) is 6. The lowest BCUT2D eigenvalue weighted by molar-refractivity contribution is 0.702. The predicted octanol–water partition coefficient (Wildman–Crippen LogP) is 3.17. The molecule has 8 nitrogen and oxygen atoms in total. The fourth-order valence-corrected chi connectivity index (χ4v) is 2.70. The molecule has 0 atom stereocenters. The molecule has 0 saturated carbocycles. The summed E-state index contributed by atoms with van der Waals surface area (Å²) in [5.74, 6) is 1.78. The zero-order chi connectivity index (χ0) is 18.1. The summed E-state index contributed by atoms with van der Waals surface area (Å²) in [6.45, 7) is 6.74. The number of anilines is 2. The summed E-state index contributed by atoms with van der Waals surface area (Å²) in [4.78, 5) is 13.5. The molecule has 132 valence electrons. The van der Waals surface area contributed by atoms with Crippen molar-refractivity contribution in [3.8, 4) is 0 Å². The van der Waals surface area contributed by atoms with E-state index in [1.807, 2.05) is 36.0 Å². The summed E-state index contributed by atoms with van der Waals surface area (Å²) < 4.78 is 1.83. The van der Waals surface area contributed by atoms with Gasteiger partial charge in [-0.25, -0.2) is 14.6 Å². The second kappa shape index (κ2) is 6.55. The van der Waals surface area contributed by atoms with Gasteiger partial charge in [-0.2, -0.15) is 10.2 Å². The van der Waals surface area contributed by atoms with Crippen LogP contribution in [0.3, 0.4) is 0 Å². The summed E-state index contributed by atoms with van der Waals surface area (Å²) in [5, 5.41) is 15.0. The van der Waals surface area contributed by atoms with Crippen LogP contribution in [0.25, 0.3) is 11.2 Å². The molecule has 2 N–H and O–H groups in total. The van der Waals surface area contributed by atoms with E-state index in [1.165, 1.54) is 0 Å². The van der Waals surface area contributed by atoms with Gasteiger partial charge in [0.1, 0.15) is 5.52 Å². The van der Waals surface area contributed by atoms with E-state index >= 15 is 0 Å². The van der Waals surface area contributed by atoms with Crippen molar-refractivity contribution < 1.29 is 0 Å². The Hall–Kier alpha value is -3.29. The number of fused-ring (bicyclic) bond motifs is 1. The number of pyridine rings is 1. The number of aromatic amines is 1. The molecule has 8 heteroatoms. The molecular formula is C18H20N8. The van der Waals surface area contributed by atoms with Crippen LogP contribution in [0.4, 0.5) is 11.6 Å². The van der Waals surface area contributed by atoms with Crippen LogP contribution >= 0.6 is 0 Å². The monoisotopic (exact) mass is 348 g/mol. The molecule has 4 aromatic heterocycles. The molecule has 0 aliphatic heterocycles. The summed E-state index contributed by atoms with van der Waals surface area (Å²) in [6.07, 6.45) is 5.32. The third kappa shape index (κ3) is 3.13. The van der Waals surface area contributed by atoms with Gasteiger partial charge in [0.25, 0.3) is 0 Å². The Morgan fingerprint density at radius 1 is 1.23 bits per heavy atom. The maximum absolute atomic E-state index is 4.73. The number of rotatable bonds is 5. The largest absolute Gasteiger partial charge is 0.322 e. The summed E-state index contributed by atoms with van der Waals surface area (Å²) in [7, 11) is 0. The first-order valence-electron chi connectivity index (χ1n) is 8.51. The van der Waals surface area contributed by atoms with Crippen molar-refractivity contribution >= 4 is 22.8 Å². The Kier molecular flexibility index (Phi) is 4.08. The Labute approximate surface area is 150 Å². The lowest BCUT2D eigenvalue weighted by Crippen LogP contribution is -2.05. The van der Waals surface area contributed by atoms with Gasteiger partial charge < -0.3 is 5.32 Å². The van der Waals surface area contributed by atoms with Crippen molar-refractivity contribution in [2.75, 3.05) is 5.32 Å². The highest BCUT2D eigenvalue weighted by atomic mass is 15.3. The van der Waals surface area contributed by atoms with Crippen LogP contribution in [0.2, 0.25) is 0 Å². The van der Waals surface area contributed by atoms with Crippen molar-refractivity contribution in [3.63, 3.8) is 0 Å². The van der Waals surface area contributed by atoms with E-state index < -0.39 is 0 Å². The molecule has 0 radical (unpaired) electrons. The topological polar surface area (TPSA) is 97.2 Å². The quantitative estimate of drug-likeness (QED) is 0.575. The Balaban J connectivity index is 1.66. The van der Waals surface area contributed by atoms with E-state index in [-0.39, 0.29) is 0 Å². The summed E-state index contributed by atoms with van der Waals surface area (Å²) in [5.41, 5.74) is 4.42. The molecule has 0 fully saturated rings. The Morgan fingerprint density at radius 3 is 2.85 bits per heavy atom. The molecule has 0 aromatic carbocycles. The fourth-order valence-electron chi connectivity index (χ4n) is 2.70. The van der Waals surface area contributed by atoms with E-state index in [4.69, 9.17) is 4.98 Å². The van der Waals surface area contributed by atoms with Crippen molar-refractivity contribution in [2.45, 2.75) is 33.2 Å². The van der Waals surface area contributed by atoms with E-state index in [1.54, 1.807) is 12.4 Å². The van der Waals surface area contributed by atoms with E-state index in [0.717, 1.165) is 33.9 Å². The average molecular weight is 348 g/mol. The normalized spacial score (nSPS) is 11.4. The summed E-state index contributed by atoms with van der Waals surface area (Å²) >= 11 is 0. The molecule has 0 unspecified atom stereocenters. The van der Waals surface area contributed by atoms with Crippen LogP contribution in [0.1, 0.15) is 36.7 Å². The molecule has 0 spiro atoms.